The highest BCUT2D eigenvalue weighted by molar-refractivity contribution is 9.25. The van der Waals surface area contributed by atoms with Crippen molar-refractivity contribution >= 4 is 43.5 Å². The van der Waals surface area contributed by atoms with Crippen LogP contribution in [0.15, 0.2) is 18.2 Å². The fourth-order valence-corrected chi connectivity index (χ4v) is 4.39. The molecule has 3 rings (SSSR count). The molecule has 0 radical (unpaired) electrons. The van der Waals surface area contributed by atoms with Gasteiger partial charge >= 0.3 is 0 Å². The monoisotopic (exact) mass is 403 g/mol. The number of fused-ring (bicyclic) bond motifs is 1. The number of aryl methyl sites for hydroxylation is 1. The zero-order valence-corrected chi connectivity index (χ0v) is 14.6. The van der Waals surface area contributed by atoms with E-state index in [-0.39, 0.29) is 21.0 Å². The van der Waals surface area contributed by atoms with Crippen LogP contribution in [0.5, 0.6) is 0 Å². The van der Waals surface area contributed by atoms with Gasteiger partial charge in [-0.05, 0) is 56.9 Å². The number of carbonyl (C=O) groups is 1. The minimum Gasteiger partial charge on any atom is -0.309 e. The number of nitrogens with zero attached hydrogens (tertiary/aromatic N) is 1. The lowest BCUT2D eigenvalue weighted by molar-refractivity contribution is -0.123. The van der Waals surface area contributed by atoms with Crippen LogP contribution in [0.4, 0.5) is 10.1 Å². The quantitative estimate of drug-likeness (QED) is 0.635. The second-order valence-electron chi connectivity index (χ2n) is 6.05. The van der Waals surface area contributed by atoms with Crippen molar-refractivity contribution in [1.29, 1.82) is 0 Å². The standard InChI is InChI=1S/C15H16Br2FNO/c1-9-3-4-10-7-11(18)5-6-12(10)19(9)13(20)14(2)8-15(14,16)17/h5-7,9H,3-4,8H2,1-2H3/t9-,14+/m0/s1. The van der Waals surface area contributed by atoms with Gasteiger partial charge in [0.05, 0.1) is 8.65 Å². The Balaban J connectivity index is 2.00. The third-order valence-corrected chi connectivity index (χ3v) is 6.83. The molecule has 108 valence electrons. The molecule has 2 nitrogen and oxygen atoms in total. The van der Waals surface area contributed by atoms with Gasteiger partial charge in [0, 0.05) is 11.7 Å². The SMILES string of the molecule is C[C@H]1CCc2cc(F)ccc2N1C(=O)[C@@]1(C)CC1(Br)Br. The van der Waals surface area contributed by atoms with Crippen molar-refractivity contribution in [2.45, 2.75) is 42.4 Å². The van der Waals surface area contributed by atoms with Crippen LogP contribution in [0, 0.1) is 11.2 Å². The summed E-state index contributed by atoms with van der Waals surface area (Å²) >= 11 is 7.11. The minimum absolute atomic E-state index is 0.103. The van der Waals surface area contributed by atoms with E-state index in [1.165, 1.54) is 6.07 Å². The van der Waals surface area contributed by atoms with Crippen LogP contribution >= 0.6 is 31.9 Å². The average molecular weight is 405 g/mol. The first-order valence-electron chi connectivity index (χ1n) is 6.76. The Morgan fingerprint density at radius 3 is 2.70 bits per heavy atom. The summed E-state index contributed by atoms with van der Waals surface area (Å²) in [7, 11) is 0. The van der Waals surface area contributed by atoms with Crippen molar-refractivity contribution in [3.63, 3.8) is 0 Å². The highest BCUT2D eigenvalue weighted by Crippen LogP contribution is 2.67. The molecule has 1 saturated carbocycles. The number of hydrogen-bond donors (Lipinski definition) is 0. The summed E-state index contributed by atoms with van der Waals surface area (Å²) in [5.41, 5.74) is 1.35. The lowest BCUT2D eigenvalue weighted by Gasteiger charge is -2.37. The van der Waals surface area contributed by atoms with Crippen LogP contribution in [0.1, 0.15) is 32.3 Å². The zero-order chi connectivity index (χ0) is 14.7. The summed E-state index contributed by atoms with van der Waals surface area (Å²) in [6.07, 6.45) is 2.46. The van der Waals surface area contributed by atoms with Crippen molar-refractivity contribution in [3.8, 4) is 0 Å². The van der Waals surface area contributed by atoms with E-state index in [9.17, 15) is 9.18 Å². The number of carbonyl (C=O) groups excluding carboxylic acids is 1. The van der Waals surface area contributed by atoms with Gasteiger partial charge < -0.3 is 4.90 Å². The molecular formula is C15H16Br2FNO. The molecule has 0 aromatic heterocycles. The summed E-state index contributed by atoms with van der Waals surface area (Å²) < 4.78 is 13.1. The Morgan fingerprint density at radius 1 is 1.45 bits per heavy atom. The third kappa shape index (κ3) is 2.05. The molecule has 0 unspecified atom stereocenters. The van der Waals surface area contributed by atoms with E-state index in [2.05, 4.69) is 38.8 Å². The largest absolute Gasteiger partial charge is 0.309 e. The fourth-order valence-electron chi connectivity index (χ4n) is 2.93. The third-order valence-electron chi connectivity index (χ3n) is 4.52. The molecule has 0 saturated heterocycles. The van der Waals surface area contributed by atoms with Gasteiger partial charge in [-0.2, -0.15) is 0 Å². The minimum atomic E-state index is -0.440. The smallest absolute Gasteiger partial charge is 0.235 e. The molecule has 2 aliphatic rings. The summed E-state index contributed by atoms with van der Waals surface area (Å²) in [5, 5.41) is 0. The molecule has 1 fully saturated rings. The molecule has 1 heterocycles. The van der Waals surface area contributed by atoms with E-state index in [1.54, 1.807) is 12.1 Å². The molecule has 0 bridgehead atoms. The van der Waals surface area contributed by atoms with Crippen LogP contribution in [-0.4, -0.2) is 15.2 Å². The molecule has 2 atom stereocenters. The van der Waals surface area contributed by atoms with Gasteiger partial charge in [0.25, 0.3) is 0 Å². The summed E-state index contributed by atoms with van der Waals surface area (Å²) in [6, 6.07) is 4.86. The van der Waals surface area contributed by atoms with Crippen LogP contribution in [0.2, 0.25) is 0 Å². The lowest BCUT2D eigenvalue weighted by Crippen LogP contribution is -2.46. The Hall–Kier alpha value is -0.420. The molecular weight excluding hydrogens is 389 g/mol. The normalized spacial score (nSPS) is 30.9. The van der Waals surface area contributed by atoms with Gasteiger partial charge in [-0.25, -0.2) is 4.39 Å². The predicted octanol–water partition coefficient (Wildman–Crippen LogP) is 4.39. The topological polar surface area (TPSA) is 20.3 Å². The van der Waals surface area contributed by atoms with E-state index >= 15 is 0 Å². The first-order valence-corrected chi connectivity index (χ1v) is 8.35. The Morgan fingerprint density at radius 2 is 2.10 bits per heavy atom. The molecule has 0 spiro atoms. The van der Waals surface area contributed by atoms with E-state index in [4.69, 9.17) is 0 Å². The van der Waals surface area contributed by atoms with Gasteiger partial charge in [-0.1, -0.05) is 31.9 Å². The zero-order valence-electron chi connectivity index (χ0n) is 11.4. The number of anilines is 1. The van der Waals surface area contributed by atoms with Gasteiger partial charge in [-0.15, -0.1) is 0 Å². The molecule has 5 heteroatoms. The molecule has 0 N–H and O–H groups in total. The second-order valence-corrected chi connectivity index (χ2v) is 9.82. The molecule has 1 aliphatic carbocycles. The van der Waals surface area contributed by atoms with Crippen LogP contribution in [0.25, 0.3) is 0 Å². The van der Waals surface area contributed by atoms with E-state index in [0.717, 1.165) is 30.5 Å². The van der Waals surface area contributed by atoms with Crippen LogP contribution in [0.3, 0.4) is 0 Å². The average Bonchev–Trinajstić information content (AvgIpc) is 2.89. The van der Waals surface area contributed by atoms with Crippen molar-refractivity contribution in [3.05, 3.63) is 29.6 Å². The Bertz CT molecular complexity index is 589. The highest BCUT2D eigenvalue weighted by Gasteiger charge is 2.68. The number of hydrogen-bond acceptors (Lipinski definition) is 1. The number of rotatable bonds is 1. The van der Waals surface area contributed by atoms with Crippen LogP contribution in [-0.2, 0) is 11.2 Å². The first kappa shape index (κ1) is 14.5. The summed E-state index contributed by atoms with van der Waals surface area (Å²) in [5.74, 6) is -0.134. The van der Waals surface area contributed by atoms with E-state index in [0.29, 0.717) is 0 Å². The predicted molar refractivity (Wildman–Crippen MR) is 85.0 cm³/mol. The first-order chi connectivity index (χ1) is 9.26. The van der Waals surface area contributed by atoms with Gasteiger partial charge in [0.1, 0.15) is 5.82 Å². The van der Waals surface area contributed by atoms with Gasteiger partial charge in [0.15, 0.2) is 0 Å². The molecule has 1 amide bonds. The number of halogens is 3. The Kier molecular flexibility index (Phi) is 3.29. The molecule has 1 aromatic carbocycles. The summed E-state index contributed by atoms with van der Waals surface area (Å²) in [6.45, 7) is 4.02. The maximum atomic E-state index is 13.4. The molecule has 1 aromatic rings. The second kappa shape index (κ2) is 4.54. The number of alkyl halides is 2. The fraction of sp³-hybridized carbons (Fsp3) is 0.533. The lowest BCUT2D eigenvalue weighted by atomic mass is 9.94. The molecule has 1 aliphatic heterocycles. The van der Waals surface area contributed by atoms with Crippen molar-refractivity contribution in [2.24, 2.45) is 5.41 Å². The number of amides is 1. The Labute approximate surface area is 135 Å². The highest BCUT2D eigenvalue weighted by atomic mass is 79.9. The summed E-state index contributed by atoms with van der Waals surface area (Å²) in [4.78, 5) is 14.8. The van der Waals surface area contributed by atoms with Gasteiger partial charge in [-0.3, -0.25) is 4.79 Å². The van der Waals surface area contributed by atoms with E-state index in [1.807, 2.05) is 11.8 Å². The van der Waals surface area contributed by atoms with E-state index < -0.39 is 5.41 Å². The maximum Gasteiger partial charge on any atom is 0.235 e. The van der Waals surface area contributed by atoms with Crippen molar-refractivity contribution in [1.82, 2.24) is 0 Å². The molecule has 20 heavy (non-hydrogen) atoms. The van der Waals surface area contributed by atoms with Crippen molar-refractivity contribution in [2.75, 3.05) is 4.90 Å². The van der Waals surface area contributed by atoms with Crippen LogP contribution < -0.4 is 4.90 Å². The van der Waals surface area contributed by atoms with Crippen molar-refractivity contribution < 1.29 is 9.18 Å². The maximum absolute atomic E-state index is 13.4. The van der Waals surface area contributed by atoms with Gasteiger partial charge in [0.2, 0.25) is 5.91 Å². The number of benzene rings is 1.